The fourth-order valence-electron chi connectivity index (χ4n) is 3.04. The van der Waals surface area contributed by atoms with Gasteiger partial charge in [-0.2, -0.15) is 11.8 Å². The third kappa shape index (κ3) is 4.86. The van der Waals surface area contributed by atoms with Crippen LogP contribution in [0.2, 0.25) is 0 Å². The second-order valence-corrected chi connectivity index (χ2v) is 7.50. The Balaban J connectivity index is 1.65. The van der Waals surface area contributed by atoms with Crippen LogP contribution < -0.4 is 14.8 Å². The molecule has 2 amide bonds. The first-order valence-corrected chi connectivity index (χ1v) is 9.80. The lowest BCUT2D eigenvalue weighted by atomic mass is 10.1. The Morgan fingerprint density at radius 3 is 2.52 bits per heavy atom. The number of rotatable bonds is 4. The molecular weight excluding hydrogens is 367 g/mol. The summed E-state index contributed by atoms with van der Waals surface area (Å²) >= 11 is 1.69. The molecule has 1 unspecified atom stereocenters. The van der Waals surface area contributed by atoms with E-state index < -0.39 is 0 Å². The molecule has 2 aromatic rings. The number of anilines is 1. The number of nitrogens with one attached hydrogen (secondary N) is 1. The van der Waals surface area contributed by atoms with Gasteiger partial charge < -0.3 is 19.7 Å². The fraction of sp³-hybridized carbons (Fsp3) is 0.350. The minimum Gasteiger partial charge on any atom is -0.497 e. The standard InChI is InChI=1S/C20H23FN2O3S/c1-25-15-11-14(12-16(13-15)26-2)22-20(24)23-8-7-19(27-10-9-23)17-5-3-4-6-18(17)21/h3-6,11-13,19H,7-10H2,1-2H3,(H,22,24). The number of hydrogen-bond donors (Lipinski definition) is 1. The van der Waals surface area contributed by atoms with E-state index in [4.69, 9.17) is 9.47 Å². The average Bonchev–Trinajstić information content (AvgIpc) is 2.94. The maximum atomic E-state index is 14.1. The van der Waals surface area contributed by atoms with Gasteiger partial charge in [-0.1, -0.05) is 18.2 Å². The molecule has 1 atom stereocenters. The highest BCUT2D eigenvalue weighted by Crippen LogP contribution is 2.35. The summed E-state index contributed by atoms with van der Waals surface area (Å²) in [6.45, 7) is 1.18. The number of halogens is 1. The van der Waals surface area contributed by atoms with Crippen LogP contribution in [0.15, 0.2) is 42.5 Å². The molecular formula is C20H23FN2O3S. The maximum Gasteiger partial charge on any atom is 0.321 e. The zero-order valence-electron chi connectivity index (χ0n) is 15.4. The molecule has 5 nitrogen and oxygen atoms in total. The van der Waals surface area contributed by atoms with Gasteiger partial charge in [0.15, 0.2) is 0 Å². The van der Waals surface area contributed by atoms with Crippen molar-refractivity contribution in [2.24, 2.45) is 0 Å². The number of benzene rings is 2. The van der Waals surface area contributed by atoms with Crippen LogP contribution in [-0.2, 0) is 0 Å². The van der Waals surface area contributed by atoms with Crippen LogP contribution >= 0.6 is 11.8 Å². The average molecular weight is 390 g/mol. The number of amides is 2. The zero-order valence-corrected chi connectivity index (χ0v) is 16.2. The van der Waals surface area contributed by atoms with Gasteiger partial charge in [-0.05, 0) is 12.5 Å². The highest BCUT2D eigenvalue weighted by atomic mass is 32.2. The minimum absolute atomic E-state index is 0.0564. The van der Waals surface area contributed by atoms with Crippen molar-refractivity contribution in [3.63, 3.8) is 0 Å². The molecule has 1 aliphatic rings. The first-order valence-electron chi connectivity index (χ1n) is 8.75. The van der Waals surface area contributed by atoms with E-state index in [0.29, 0.717) is 42.3 Å². The van der Waals surface area contributed by atoms with Crippen LogP contribution in [-0.4, -0.2) is 44.0 Å². The number of carbonyl (C=O) groups excluding carboxylic acids is 1. The lowest BCUT2D eigenvalue weighted by Gasteiger charge is -2.21. The number of nitrogens with zero attached hydrogens (tertiary/aromatic N) is 1. The van der Waals surface area contributed by atoms with E-state index in [2.05, 4.69) is 5.32 Å². The summed E-state index contributed by atoms with van der Waals surface area (Å²) in [6.07, 6.45) is 0.709. The van der Waals surface area contributed by atoms with Gasteiger partial charge in [0, 0.05) is 53.5 Å². The fourth-order valence-corrected chi connectivity index (χ4v) is 4.29. The van der Waals surface area contributed by atoms with Crippen LogP contribution in [0.3, 0.4) is 0 Å². The molecule has 0 radical (unpaired) electrons. The Kier molecular flexibility index (Phi) is 6.45. The van der Waals surface area contributed by atoms with Crippen molar-refractivity contribution in [2.45, 2.75) is 11.7 Å². The quantitative estimate of drug-likeness (QED) is 0.832. The lowest BCUT2D eigenvalue weighted by Crippen LogP contribution is -2.36. The van der Waals surface area contributed by atoms with Crippen LogP contribution in [0.5, 0.6) is 11.5 Å². The molecule has 0 bridgehead atoms. The summed E-state index contributed by atoms with van der Waals surface area (Å²) in [7, 11) is 3.13. The third-order valence-corrected chi connectivity index (χ3v) is 5.79. The van der Waals surface area contributed by atoms with Crippen LogP contribution in [0.1, 0.15) is 17.2 Å². The summed E-state index contributed by atoms with van der Waals surface area (Å²) in [4.78, 5) is 14.4. The Bertz CT molecular complexity index is 780. The molecule has 3 rings (SSSR count). The first kappa shape index (κ1) is 19.4. The molecule has 0 spiro atoms. The van der Waals surface area contributed by atoms with Crippen molar-refractivity contribution in [2.75, 3.05) is 38.4 Å². The van der Waals surface area contributed by atoms with Gasteiger partial charge in [0.1, 0.15) is 17.3 Å². The van der Waals surface area contributed by atoms with E-state index in [0.717, 1.165) is 5.75 Å². The van der Waals surface area contributed by atoms with E-state index in [1.165, 1.54) is 6.07 Å². The summed E-state index contributed by atoms with van der Waals surface area (Å²) in [5.41, 5.74) is 1.32. The molecule has 27 heavy (non-hydrogen) atoms. The highest BCUT2D eigenvalue weighted by Gasteiger charge is 2.24. The second-order valence-electron chi connectivity index (χ2n) is 6.19. The first-order chi connectivity index (χ1) is 13.1. The Labute approximate surface area is 162 Å². The van der Waals surface area contributed by atoms with Crippen molar-refractivity contribution in [1.82, 2.24) is 4.90 Å². The summed E-state index contributed by atoms with van der Waals surface area (Å²) in [5, 5.41) is 2.95. The predicted octanol–water partition coefficient (Wildman–Crippen LogP) is 4.56. The third-order valence-electron chi connectivity index (χ3n) is 4.48. The van der Waals surface area contributed by atoms with E-state index in [9.17, 15) is 9.18 Å². The van der Waals surface area contributed by atoms with Gasteiger partial charge in [0.25, 0.3) is 0 Å². The molecule has 1 aliphatic heterocycles. The topological polar surface area (TPSA) is 50.8 Å². The van der Waals surface area contributed by atoms with E-state index in [1.54, 1.807) is 55.1 Å². The largest absolute Gasteiger partial charge is 0.497 e. The Hall–Kier alpha value is -2.41. The van der Waals surface area contributed by atoms with Gasteiger partial charge in [-0.3, -0.25) is 0 Å². The van der Waals surface area contributed by atoms with Crippen molar-refractivity contribution in [3.05, 3.63) is 53.8 Å². The zero-order chi connectivity index (χ0) is 19.2. The maximum absolute atomic E-state index is 14.1. The Morgan fingerprint density at radius 1 is 1.15 bits per heavy atom. The minimum atomic E-state index is -0.184. The SMILES string of the molecule is COc1cc(NC(=O)N2CCSC(c3ccccc3F)CC2)cc(OC)c1. The van der Waals surface area contributed by atoms with Gasteiger partial charge >= 0.3 is 6.03 Å². The van der Waals surface area contributed by atoms with Gasteiger partial charge in [0.2, 0.25) is 0 Å². The number of methoxy groups -OCH3 is 2. The van der Waals surface area contributed by atoms with Crippen molar-refractivity contribution in [3.8, 4) is 11.5 Å². The molecule has 144 valence electrons. The lowest BCUT2D eigenvalue weighted by molar-refractivity contribution is 0.215. The number of thioether (sulfide) groups is 1. The van der Waals surface area contributed by atoms with Crippen molar-refractivity contribution >= 4 is 23.5 Å². The molecule has 1 saturated heterocycles. The van der Waals surface area contributed by atoms with Gasteiger partial charge in [-0.25, -0.2) is 9.18 Å². The predicted molar refractivity (Wildman–Crippen MR) is 106 cm³/mol. The number of ether oxygens (including phenoxy) is 2. The summed E-state index contributed by atoms with van der Waals surface area (Å²) in [5.74, 6) is 1.79. The van der Waals surface area contributed by atoms with Crippen molar-refractivity contribution < 1.29 is 18.7 Å². The van der Waals surface area contributed by atoms with Crippen LogP contribution in [0.25, 0.3) is 0 Å². The smallest absolute Gasteiger partial charge is 0.321 e. The normalized spacial score (nSPS) is 17.1. The molecule has 7 heteroatoms. The van der Waals surface area contributed by atoms with Crippen LogP contribution in [0, 0.1) is 5.82 Å². The second kappa shape index (κ2) is 8.99. The van der Waals surface area contributed by atoms with E-state index >= 15 is 0 Å². The highest BCUT2D eigenvalue weighted by molar-refractivity contribution is 7.99. The number of urea groups is 1. The van der Waals surface area contributed by atoms with Gasteiger partial charge in [-0.15, -0.1) is 0 Å². The summed E-state index contributed by atoms with van der Waals surface area (Å²) < 4.78 is 24.5. The van der Waals surface area contributed by atoms with E-state index in [1.807, 2.05) is 12.1 Å². The Morgan fingerprint density at radius 2 is 1.85 bits per heavy atom. The van der Waals surface area contributed by atoms with Crippen LogP contribution in [0.4, 0.5) is 14.9 Å². The molecule has 0 saturated carbocycles. The van der Waals surface area contributed by atoms with Gasteiger partial charge in [0.05, 0.1) is 14.2 Å². The number of carbonyl (C=O) groups is 1. The molecule has 1 heterocycles. The number of hydrogen-bond acceptors (Lipinski definition) is 4. The monoisotopic (exact) mass is 390 g/mol. The molecule has 0 aliphatic carbocycles. The molecule has 2 aromatic carbocycles. The molecule has 1 fully saturated rings. The summed E-state index contributed by atoms with van der Waals surface area (Å²) in [6, 6.07) is 11.9. The molecule has 1 N–H and O–H groups in total. The molecule has 0 aromatic heterocycles. The van der Waals surface area contributed by atoms with Crippen molar-refractivity contribution in [1.29, 1.82) is 0 Å². The van der Waals surface area contributed by atoms with E-state index in [-0.39, 0.29) is 17.1 Å².